The smallest absolute Gasteiger partial charge is 0.258 e. The van der Waals surface area contributed by atoms with Crippen LogP contribution < -0.4 is 15.0 Å². The van der Waals surface area contributed by atoms with Gasteiger partial charge in [0.2, 0.25) is 5.91 Å². The van der Waals surface area contributed by atoms with Crippen molar-refractivity contribution in [1.82, 2.24) is 0 Å². The van der Waals surface area contributed by atoms with Gasteiger partial charge >= 0.3 is 0 Å². The molecule has 0 aliphatic rings. The molecule has 0 aliphatic carbocycles. The summed E-state index contributed by atoms with van der Waals surface area (Å²) in [5.41, 5.74) is 1.80. The Morgan fingerprint density at radius 1 is 1.13 bits per heavy atom. The number of nitrogens with zero attached hydrogens (tertiary/aromatic N) is 1. The fraction of sp³-hybridized carbons (Fsp3) is 0.222. The fourth-order valence-corrected chi connectivity index (χ4v) is 2.34. The molecule has 0 atom stereocenters. The summed E-state index contributed by atoms with van der Waals surface area (Å²) in [5.74, 6) is 0.163. The van der Waals surface area contributed by atoms with Crippen LogP contribution in [0.4, 0.5) is 11.4 Å². The van der Waals surface area contributed by atoms with Gasteiger partial charge in [0.15, 0.2) is 0 Å². The topological polar surface area (TPSA) is 58.6 Å². The molecule has 23 heavy (non-hydrogen) atoms. The predicted octanol–water partition coefficient (Wildman–Crippen LogP) is 3.32. The zero-order valence-electron chi connectivity index (χ0n) is 13.5. The van der Waals surface area contributed by atoms with Crippen molar-refractivity contribution in [1.29, 1.82) is 0 Å². The Balaban J connectivity index is 2.36. The maximum absolute atomic E-state index is 12.8. The van der Waals surface area contributed by atoms with Gasteiger partial charge in [-0.3, -0.25) is 9.59 Å². The molecule has 0 saturated carbocycles. The summed E-state index contributed by atoms with van der Waals surface area (Å²) in [5, 5.41) is 2.68. The van der Waals surface area contributed by atoms with Crippen molar-refractivity contribution in [3.8, 4) is 5.75 Å². The molecule has 0 spiro atoms. The lowest BCUT2D eigenvalue weighted by atomic mass is 10.1. The molecule has 2 aromatic rings. The quantitative estimate of drug-likeness (QED) is 0.921. The molecule has 0 saturated heterocycles. The molecule has 0 aliphatic heterocycles. The Bertz CT molecular complexity index is 699. The van der Waals surface area contributed by atoms with Gasteiger partial charge in [0.1, 0.15) is 5.75 Å². The van der Waals surface area contributed by atoms with Crippen molar-refractivity contribution in [3.05, 3.63) is 54.1 Å². The average molecular weight is 312 g/mol. The zero-order valence-corrected chi connectivity index (χ0v) is 13.5. The van der Waals surface area contributed by atoms with E-state index in [0.717, 1.165) is 5.69 Å². The van der Waals surface area contributed by atoms with E-state index in [1.54, 1.807) is 23.1 Å². The maximum atomic E-state index is 12.8. The fourth-order valence-electron chi connectivity index (χ4n) is 2.34. The summed E-state index contributed by atoms with van der Waals surface area (Å²) in [7, 11) is 1.52. The second-order valence-corrected chi connectivity index (χ2v) is 4.98. The minimum Gasteiger partial charge on any atom is -0.495 e. The standard InChI is InChI=1S/C18H20N2O3/c1-4-20(15-8-6-5-7-9-15)18(22)14-10-11-17(23-3)16(12-14)19-13(2)21/h5-12H,4H2,1-3H3,(H,19,21). The van der Waals surface area contributed by atoms with Crippen molar-refractivity contribution < 1.29 is 14.3 Å². The monoisotopic (exact) mass is 312 g/mol. The number of nitrogens with one attached hydrogen (secondary N) is 1. The lowest BCUT2D eigenvalue weighted by Gasteiger charge is -2.21. The van der Waals surface area contributed by atoms with Gasteiger partial charge in [0.25, 0.3) is 5.91 Å². The minimum atomic E-state index is -0.219. The second-order valence-electron chi connectivity index (χ2n) is 4.98. The third kappa shape index (κ3) is 3.88. The summed E-state index contributed by atoms with van der Waals surface area (Å²) in [6.45, 7) is 3.88. The number of hydrogen-bond donors (Lipinski definition) is 1. The van der Waals surface area contributed by atoms with E-state index in [9.17, 15) is 9.59 Å². The maximum Gasteiger partial charge on any atom is 0.258 e. The van der Waals surface area contributed by atoms with Crippen LogP contribution in [0.3, 0.4) is 0 Å². The van der Waals surface area contributed by atoms with Crippen LogP contribution in [0.1, 0.15) is 24.2 Å². The van der Waals surface area contributed by atoms with Crippen LogP contribution in [-0.4, -0.2) is 25.5 Å². The Labute approximate surface area is 135 Å². The normalized spacial score (nSPS) is 10.0. The number of methoxy groups -OCH3 is 1. The van der Waals surface area contributed by atoms with Gasteiger partial charge in [-0.2, -0.15) is 0 Å². The molecule has 2 aromatic carbocycles. The van der Waals surface area contributed by atoms with Crippen molar-refractivity contribution in [3.63, 3.8) is 0 Å². The molecule has 5 nitrogen and oxygen atoms in total. The Kier molecular flexibility index (Phi) is 5.36. The summed E-state index contributed by atoms with van der Waals surface area (Å²) < 4.78 is 5.21. The third-order valence-electron chi connectivity index (χ3n) is 3.39. The Morgan fingerprint density at radius 2 is 1.83 bits per heavy atom. The number of rotatable bonds is 5. The second kappa shape index (κ2) is 7.45. The molecule has 0 radical (unpaired) electrons. The highest BCUT2D eigenvalue weighted by Gasteiger charge is 2.18. The lowest BCUT2D eigenvalue weighted by molar-refractivity contribution is -0.114. The number of benzene rings is 2. The van der Waals surface area contributed by atoms with E-state index < -0.39 is 0 Å². The molecule has 0 bridgehead atoms. The highest BCUT2D eigenvalue weighted by Crippen LogP contribution is 2.27. The van der Waals surface area contributed by atoms with E-state index in [4.69, 9.17) is 4.74 Å². The van der Waals surface area contributed by atoms with Gasteiger partial charge in [-0.25, -0.2) is 0 Å². The largest absolute Gasteiger partial charge is 0.495 e. The van der Waals surface area contributed by atoms with Crippen molar-refractivity contribution in [2.45, 2.75) is 13.8 Å². The highest BCUT2D eigenvalue weighted by molar-refractivity contribution is 6.07. The van der Waals surface area contributed by atoms with Gasteiger partial charge in [0.05, 0.1) is 12.8 Å². The van der Waals surface area contributed by atoms with Crippen molar-refractivity contribution in [2.24, 2.45) is 0 Å². The number of hydrogen-bond acceptors (Lipinski definition) is 3. The molecular weight excluding hydrogens is 292 g/mol. The molecule has 0 aromatic heterocycles. The Morgan fingerprint density at radius 3 is 2.39 bits per heavy atom. The molecule has 0 fully saturated rings. The van der Waals surface area contributed by atoms with Crippen LogP contribution in [0.2, 0.25) is 0 Å². The Hall–Kier alpha value is -2.82. The van der Waals surface area contributed by atoms with Gasteiger partial charge in [-0.15, -0.1) is 0 Å². The zero-order chi connectivity index (χ0) is 16.8. The van der Waals surface area contributed by atoms with Crippen LogP contribution >= 0.6 is 0 Å². The van der Waals surface area contributed by atoms with Gasteiger partial charge in [-0.1, -0.05) is 18.2 Å². The molecule has 1 N–H and O–H groups in total. The average Bonchev–Trinajstić information content (AvgIpc) is 2.56. The summed E-state index contributed by atoms with van der Waals surface area (Å²) in [6.07, 6.45) is 0. The molecule has 0 unspecified atom stereocenters. The minimum absolute atomic E-state index is 0.132. The van der Waals surface area contributed by atoms with Gasteiger partial charge in [0, 0.05) is 24.7 Å². The lowest BCUT2D eigenvalue weighted by Crippen LogP contribution is -2.30. The number of anilines is 2. The first kappa shape index (κ1) is 16.5. The molecule has 2 rings (SSSR count). The van der Waals surface area contributed by atoms with Gasteiger partial charge < -0.3 is 15.0 Å². The van der Waals surface area contributed by atoms with Crippen molar-refractivity contribution in [2.75, 3.05) is 23.9 Å². The summed E-state index contributed by atoms with van der Waals surface area (Å²) in [4.78, 5) is 25.8. The first-order chi connectivity index (χ1) is 11.1. The predicted molar refractivity (Wildman–Crippen MR) is 91.1 cm³/mol. The number of carbonyl (C=O) groups excluding carboxylic acids is 2. The number of amides is 2. The molecular formula is C18H20N2O3. The number of para-hydroxylation sites is 1. The summed E-state index contributed by atoms with van der Waals surface area (Å²) >= 11 is 0. The van der Waals surface area contributed by atoms with E-state index in [2.05, 4.69) is 5.32 Å². The van der Waals surface area contributed by atoms with E-state index in [0.29, 0.717) is 23.5 Å². The molecule has 0 heterocycles. The summed E-state index contributed by atoms with van der Waals surface area (Å²) in [6, 6.07) is 14.5. The molecule has 120 valence electrons. The molecule has 2 amide bonds. The third-order valence-corrected chi connectivity index (χ3v) is 3.39. The van der Waals surface area contributed by atoms with Crippen LogP contribution in [0.5, 0.6) is 5.75 Å². The van der Waals surface area contributed by atoms with Crippen LogP contribution in [0, 0.1) is 0 Å². The van der Waals surface area contributed by atoms with E-state index in [-0.39, 0.29) is 11.8 Å². The van der Waals surface area contributed by atoms with E-state index in [1.165, 1.54) is 14.0 Å². The number of carbonyl (C=O) groups is 2. The van der Waals surface area contributed by atoms with Crippen LogP contribution in [0.25, 0.3) is 0 Å². The number of ether oxygens (including phenoxy) is 1. The van der Waals surface area contributed by atoms with E-state index >= 15 is 0 Å². The van der Waals surface area contributed by atoms with Crippen LogP contribution in [-0.2, 0) is 4.79 Å². The SMILES string of the molecule is CCN(C(=O)c1ccc(OC)c(NC(C)=O)c1)c1ccccc1. The highest BCUT2D eigenvalue weighted by atomic mass is 16.5. The van der Waals surface area contributed by atoms with Gasteiger partial charge in [-0.05, 0) is 37.3 Å². The van der Waals surface area contributed by atoms with Crippen molar-refractivity contribution >= 4 is 23.2 Å². The first-order valence-electron chi connectivity index (χ1n) is 7.39. The first-order valence-corrected chi connectivity index (χ1v) is 7.39. The van der Waals surface area contributed by atoms with E-state index in [1.807, 2.05) is 37.3 Å². The molecule has 5 heteroatoms. The van der Waals surface area contributed by atoms with Crippen LogP contribution in [0.15, 0.2) is 48.5 Å².